The zero-order valence-electron chi connectivity index (χ0n) is 8.42. The van der Waals surface area contributed by atoms with Gasteiger partial charge in [-0.2, -0.15) is 0 Å². The van der Waals surface area contributed by atoms with Crippen LogP contribution in [0.25, 0.3) is 0 Å². The molecule has 0 unspecified atom stereocenters. The van der Waals surface area contributed by atoms with E-state index in [1.807, 2.05) is 13.8 Å². The highest BCUT2D eigenvalue weighted by atomic mass is 16.2. The van der Waals surface area contributed by atoms with E-state index < -0.39 is 0 Å². The Kier molecular flexibility index (Phi) is 5.89. The van der Waals surface area contributed by atoms with E-state index in [9.17, 15) is 4.79 Å². The molecule has 1 amide bonds. The SMILES string of the molecule is C=CCN(CC=C)NC(=O)C(C)C. The van der Waals surface area contributed by atoms with Crippen LogP contribution in [-0.2, 0) is 4.79 Å². The maximum atomic E-state index is 11.3. The van der Waals surface area contributed by atoms with Crippen molar-refractivity contribution in [2.24, 2.45) is 5.92 Å². The lowest BCUT2D eigenvalue weighted by Crippen LogP contribution is -2.44. The number of nitrogens with one attached hydrogen (secondary N) is 1. The monoisotopic (exact) mass is 182 g/mol. The molecule has 13 heavy (non-hydrogen) atoms. The molecule has 74 valence electrons. The van der Waals surface area contributed by atoms with E-state index in [0.29, 0.717) is 13.1 Å². The maximum Gasteiger partial charge on any atom is 0.236 e. The van der Waals surface area contributed by atoms with Crippen molar-refractivity contribution >= 4 is 5.91 Å². The molecule has 0 heterocycles. The first-order chi connectivity index (χ1) is 6.11. The van der Waals surface area contributed by atoms with Gasteiger partial charge in [0.2, 0.25) is 5.91 Å². The third kappa shape index (κ3) is 5.20. The summed E-state index contributed by atoms with van der Waals surface area (Å²) in [4.78, 5) is 11.3. The summed E-state index contributed by atoms with van der Waals surface area (Å²) in [6.07, 6.45) is 3.48. The number of hydrazine groups is 1. The Morgan fingerprint density at radius 3 is 2.15 bits per heavy atom. The highest BCUT2D eigenvalue weighted by Crippen LogP contribution is 1.92. The molecule has 0 rings (SSSR count). The molecule has 0 spiro atoms. The van der Waals surface area contributed by atoms with E-state index in [4.69, 9.17) is 0 Å². The molecule has 0 saturated carbocycles. The summed E-state index contributed by atoms with van der Waals surface area (Å²) in [6, 6.07) is 0. The first-order valence-corrected chi connectivity index (χ1v) is 4.39. The fourth-order valence-electron chi connectivity index (χ4n) is 0.762. The topological polar surface area (TPSA) is 32.3 Å². The van der Waals surface area contributed by atoms with Crippen molar-refractivity contribution in [1.29, 1.82) is 0 Å². The second-order valence-corrected chi connectivity index (χ2v) is 3.11. The molecule has 3 heteroatoms. The summed E-state index contributed by atoms with van der Waals surface area (Å²) < 4.78 is 0. The van der Waals surface area contributed by atoms with E-state index in [2.05, 4.69) is 18.6 Å². The number of hydrogen-bond donors (Lipinski definition) is 1. The van der Waals surface area contributed by atoms with E-state index >= 15 is 0 Å². The third-order valence-corrected chi connectivity index (χ3v) is 1.49. The lowest BCUT2D eigenvalue weighted by Gasteiger charge is -2.20. The van der Waals surface area contributed by atoms with Crippen molar-refractivity contribution < 1.29 is 4.79 Å². The Morgan fingerprint density at radius 1 is 1.38 bits per heavy atom. The summed E-state index contributed by atoms with van der Waals surface area (Å²) in [5.41, 5.74) is 2.77. The smallest absolute Gasteiger partial charge is 0.236 e. The van der Waals surface area contributed by atoms with Crippen LogP contribution in [0.5, 0.6) is 0 Å². The van der Waals surface area contributed by atoms with Crippen LogP contribution >= 0.6 is 0 Å². The largest absolute Gasteiger partial charge is 0.288 e. The van der Waals surface area contributed by atoms with Gasteiger partial charge in [-0.1, -0.05) is 26.0 Å². The fraction of sp³-hybridized carbons (Fsp3) is 0.500. The van der Waals surface area contributed by atoms with Gasteiger partial charge in [-0.05, 0) is 0 Å². The summed E-state index contributed by atoms with van der Waals surface area (Å²) >= 11 is 0. The lowest BCUT2D eigenvalue weighted by atomic mass is 10.2. The maximum absolute atomic E-state index is 11.3. The van der Waals surface area contributed by atoms with E-state index in [0.717, 1.165) is 0 Å². The highest BCUT2D eigenvalue weighted by molar-refractivity contribution is 5.77. The molecule has 0 bridgehead atoms. The van der Waals surface area contributed by atoms with Gasteiger partial charge in [0, 0.05) is 19.0 Å². The van der Waals surface area contributed by atoms with Gasteiger partial charge in [0.25, 0.3) is 0 Å². The Bertz CT molecular complexity index is 177. The second-order valence-electron chi connectivity index (χ2n) is 3.11. The van der Waals surface area contributed by atoms with Crippen LogP contribution in [0.3, 0.4) is 0 Å². The Labute approximate surface area is 80.1 Å². The van der Waals surface area contributed by atoms with Crippen LogP contribution in [-0.4, -0.2) is 24.0 Å². The molecule has 0 radical (unpaired) electrons. The first kappa shape index (κ1) is 11.9. The van der Waals surface area contributed by atoms with E-state index in [1.54, 1.807) is 17.2 Å². The lowest BCUT2D eigenvalue weighted by molar-refractivity contribution is -0.128. The van der Waals surface area contributed by atoms with Crippen LogP contribution < -0.4 is 5.43 Å². The molecule has 0 aliphatic carbocycles. The molecule has 0 aromatic heterocycles. The van der Waals surface area contributed by atoms with Crippen LogP contribution in [0.15, 0.2) is 25.3 Å². The van der Waals surface area contributed by atoms with Gasteiger partial charge in [0.1, 0.15) is 0 Å². The molecule has 0 aliphatic heterocycles. The Balaban J connectivity index is 3.99. The van der Waals surface area contributed by atoms with Gasteiger partial charge in [-0.3, -0.25) is 10.2 Å². The van der Waals surface area contributed by atoms with Gasteiger partial charge < -0.3 is 0 Å². The minimum atomic E-state index is -0.00266. The van der Waals surface area contributed by atoms with Crippen molar-refractivity contribution in [3.63, 3.8) is 0 Å². The number of carbonyl (C=O) groups is 1. The molecule has 1 N–H and O–H groups in total. The van der Waals surface area contributed by atoms with Gasteiger partial charge in [0.15, 0.2) is 0 Å². The van der Waals surface area contributed by atoms with Crippen molar-refractivity contribution in [3.05, 3.63) is 25.3 Å². The number of rotatable bonds is 6. The van der Waals surface area contributed by atoms with Gasteiger partial charge >= 0.3 is 0 Å². The molecule has 3 nitrogen and oxygen atoms in total. The fourth-order valence-corrected chi connectivity index (χ4v) is 0.762. The highest BCUT2D eigenvalue weighted by Gasteiger charge is 2.09. The average molecular weight is 182 g/mol. The normalized spacial score (nSPS) is 10.2. The summed E-state index contributed by atoms with van der Waals surface area (Å²) in [5.74, 6) is 0.0147. The summed E-state index contributed by atoms with van der Waals surface area (Å²) in [7, 11) is 0. The third-order valence-electron chi connectivity index (χ3n) is 1.49. The number of nitrogens with zero attached hydrogens (tertiary/aromatic N) is 1. The molecule has 0 aromatic carbocycles. The zero-order valence-corrected chi connectivity index (χ0v) is 8.42. The van der Waals surface area contributed by atoms with E-state index in [1.165, 1.54) is 0 Å². The van der Waals surface area contributed by atoms with Crippen LogP contribution in [0, 0.1) is 5.92 Å². The van der Waals surface area contributed by atoms with Crippen molar-refractivity contribution in [2.45, 2.75) is 13.8 Å². The van der Waals surface area contributed by atoms with E-state index in [-0.39, 0.29) is 11.8 Å². The molecule has 0 fully saturated rings. The van der Waals surface area contributed by atoms with Crippen molar-refractivity contribution in [2.75, 3.05) is 13.1 Å². The average Bonchev–Trinajstić information content (AvgIpc) is 2.05. The quantitative estimate of drug-likeness (QED) is 0.496. The number of amides is 1. The van der Waals surface area contributed by atoms with Gasteiger partial charge in [-0.25, -0.2) is 5.01 Å². The number of hydrogen-bond acceptors (Lipinski definition) is 2. The van der Waals surface area contributed by atoms with Crippen molar-refractivity contribution in [1.82, 2.24) is 10.4 Å². The zero-order chi connectivity index (χ0) is 10.3. The van der Waals surface area contributed by atoms with Gasteiger partial charge in [-0.15, -0.1) is 13.2 Å². The minimum absolute atomic E-state index is 0.00266. The predicted molar refractivity (Wildman–Crippen MR) is 54.9 cm³/mol. The molecular formula is C10H18N2O. The molecule has 0 aromatic rings. The predicted octanol–water partition coefficient (Wildman–Crippen LogP) is 1.35. The molecular weight excluding hydrogens is 164 g/mol. The molecule has 0 aliphatic rings. The summed E-state index contributed by atoms with van der Waals surface area (Å²) in [6.45, 7) is 12.2. The molecule has 0 atom stereocenters. The Hall–Kier alpha value is -1.09. The van der Waals surface area contributed by atoms with Crippen LogP contribution in [0.2, 0.25) is 0 Å². The van der Waals surface area contributed by atoms with Crippen LogP contribution in [0.4, 0.5) is 0 Å². The van der Waals surface area contributed by atoms with Crippen molar-refractivity contribution in [3.8, 4) is 0 Å². The minimum Gasteiger partial charge on any atom is -0.288 e. The standard InChI is InChI=1S/C10H18N2O/c1-5-7-12(8-6-2)11-10(13)9(3)4/h5-6,9H,1-2,7-8H2,3-4H3,(H,11,13). The first-order valence-electron chi connectivity index (χ1n) is 4.39. The van der Waals surface area contributed by atoms with Gasteiger partial charge in [0.05, 0.1) is 0 Å². The van der Waals surface area contributed by atoms with Crippen LogP contribution in [0.1, 0.15) is 13.8 Å². The molecule has 0 saturated heterocycles. The second kappa shape index (κ2) is 6.43. The Morgan fingerprint density at radius 2 is 1.85 bits per heavy atom. The summed E-state index contributed by atoms with van der Waals surface area (Å²) in [5, 5.41) is 1.77. The number of carbonyl (C=O) groups excluding carboxylic acids is 1.